The van der Waals surface area contributed by atoms with Crippen molar-refractivity contribution in [2.45, 2.75) is 6.55 Å². The van der Waals surface area contributed by atoms with Crippen LogP contribution < -0.4 is 5.73 Å². The van der Waals surface area contributed by atoms with E-state index in [1.807, 2.05) is 0 Å². The third-order valence-corrected chi connectivity index (χ3v) is 2.58. The van der Waals surface area contributed by atoms with Crippen LogP contribution in [-0.2, 0) is 0 Å². The zero-order valence-corrected chi connectivity index (χ0v) is 9.90. The van der Waals surface area contributed by atoms with Crippen molar-refractivity contribution in [3.05, 3.63) is 24.7 Å². The highest BCUT2D eigenvalue weighted by Crippen LogP contribution is 2.29. The van der Waals surface area contributed by atoms with E-state index in [4.69, 9.17) is 5.73 Å². The maximum Gasteiger partial charge on any atom is 0.333 e. The molecule has 0 unspecified atom stereocenters. The maximum absolute atomic E-state index is 12.6. The van der Waals surface area contributed by atoms with E-state index >= 15 is 0 Å². The molecule has 0 saturated carbocycles. The van der Waals surface area contributed by atoms with Gasteiger partial charge in [0, 0.05) is 17.3 Å². The second-order valence-electron chi connectivity index (χ2n) is 3.90. The molecule has 0 amide bonds. The first-order chi connectivity index (χ1) is 9.65. The second kappa shape index (κ2) is 4.64. The molecule has 8 nitrogen and oxygen atoms in total. The second-order valence-corrected chi connectivity index (χ2v) is 3.90. The summed E-state index contributed by atoms with van der Waals surface area (Å²) >= 11 is 0. The van der Waals surface area contributed by atoms with Crippen LogP contribution in [0, 0.1) is 0 Å². The minimum Gasteiger partial charge on any atom is -0.397 e. The number of nitrogen functional groups attached to an aromatic ring is 1. The van der Waals surface area contributed by atoms with E-state index in [9.17, 15) is 8.78 Å². The Bertz CT molecular complexity index is 721. The molecular formula is C10H8F2N8. The van der Waals surface area contributed by atoms with Crippen molar-refractivity contribution in [1.29, 1.82) is 0 Å². The number of H-pyrrole nitrogens is 1. The Morgan fingerprint density at radius 2 is 2.15 bits per heavy atom. The number of hydrogen-bond acceptors (Lipinski definition) is 6. The minimum atomic E-state index is -2.71. The van der Waals surface area contributed by atoms with Gasteiger partial charge in [0.1, 0.15) is 0 Å². The van der Waals surface area contributed by atoms with Crippen LogP contribution in [0.2, 0.25) is 0 Å². The van der Waals surface area contributed by atoms with E-state index < -0.39 is 6.55 Å². The molecule has 0 aliphatic carbocycles. The molecule has 0 bridgehead atoms. The molecule has 3 heterocycles. The standard InChI is InChI=1S/C10H8F2N8/c11-10(12)20-4-5(2-15-20)8-7(1-6(13)3-14-8)9-16-18-19-17-9/h1-4,10H,13H2,(H,16,17,18,19). The van der Waals surface area contributed by atoms with Crippen molar-refractivity contribution >= 4 is 5.69 Å². The van der Waals surface area contributed by atoms with E-state index in [2.05, 4.69) is 30.7 Å². The Balaban J connectivity index is 2.13. The van der Waals surface area contributed by atoms with Crippen molar-refractivity contribution in [1.82, 2.24) is 35.4 Å². The fourth-order valence-corrected chi connectivity index (χ4v) is 1.73. The molecule has 0 aliphatic heterocycles. The Labute approximate surface area is 110 Å². The van der Waals surface area contributed by atoms with Gasteiger partial charge < -0.3 is 5.73 Å². The fraction of sp³-hybridized carbons (Fsp3) is 0.100. The number of tetrazole rings is 1. The Morgan fingerprint density at radius 3 is 2.80 bits per heavy atom. The van der Waals surface area contributed by atoms with E-state index in [0.717, 1.165) is 0 Å². The van der Waals surface area contributed by atoms with Gasteiger partial charge in [0.15, 0.2) is 5.82 Å². The molecule has 102 valence electrons. The quantitative estimate of drug-likeness (QED) is 0.742. The average Bonchev–Trinajstić information content (AvgIpc) is 3.10. The summed E-state index contributed by atoms with van der Waals surface area (Å²) in [5.74, 6) is 0.338. The fourth-order valence-electron chi connectivity index (χ4n) is 1.73. The summed E-state index contributed by atoms with van der Waals surface area (Å²) in [6, 6.07) is 1.60. The number of rotatable bonds is 3. The minimum absolute atomic E-state index is 0.338. The predicted octanol–water partition coefficient (Wildman–Crippen LogP) is 1.10. The predicted molar refractivity (Wildman–Crippen MR) is 64.3 cm³/mol. The van der Waals surface area contributed by atoms with E-state index in [0.29, 0.717) is 33.0 Å². The monoisotopic (exact) mass is 278 g/mol. The summed E-state index contributed by atoms with van der Waals surface area (Å²) in [6.07, 6.45) is 3.90. The Kier molecular flexibility index (Phi) is 2.82. The first-order valence-electron chi connectivity index (χ1n) is 5.47. The van der Waals surface area contributed by atoms with Crippen LogP contribution in [0.25, 0.3) is 22.6 Å². The van der Waals surface area contributed by atoms with Gasteiger partial charge in [0.05, 0.1) is 23.8 Å². The first-order valence-corrected chi connectivity index (χ1v) is 5.47. The van der Waals surface area contributed by atoms with Crippen LogP contribution in [0.4, 0.5) is 14.5 Å². The number of aromatic amines is 1. The van der Waals surface area contributed by atoms with Crippen LogP contribution in [-0.4, -0.2) is 35.4 Å². The van der Waals surface area contributed by atoms with E-state index in [-0.39, 0.29) is 0 Å². The third kappa shape index (κ3) is 2.06. The largest absolute Gasteiger partial charge is 0.397 e. The summed E-state index contributed by atoms with van der Waals surface area (Å²) < 4.78 is 25.6. The van der Waals surface area contributed by atoms with E-state index in [1.54, 1.807) is 6.07 Å². The molecule has 0 fully saturated rings. The molecule has 3 rings (SSSR count). The van der Waals surface area contributed by atoms with E-state index in [1.165, 1.54) is 18.6 Å². The Morgan fingerprint density at radius 1 is 1.30 bits per heavy atom. The highest BCUT2D eigenvalue weighted by Gasteiger charge is 2.16. The van der Waals surface area contributed by atoms with Gasteiger partial charge >= 0.3 is 6.55 Å². The number of nitrogens with one attached hydrogen (secondary N) is 1. The molecule has 0 aliphatic rings. The lowest BCUT2D eigenvalue weighted by Gasteiger charge is -2.04. The molecule has 0 saturated heterocycles. The van der Waals surface area contributed by atoms with Crippen LogP contribution in [0.3, 0.4) is 0 Å². The van der Waals surface area contributed by atoms with Gasteiger partial charge in [-0.1, -0.05) is 0 Å². The normalized spacial score (nSPS) is 11.2. The van der Waals surface area contributed by atoms with Gasteiger partial charge in [0.25, 0.3) is 0 Å². The summed E-state index contributed by atoms with van der Waals surface area (Å²) in [7, 11) is 0. The van der Waals surface area contributed by atoms with Crippen LogP contribution in [0.1, 0.15) is 6.55 Å². The first kappa shape index (κ1) is 12.1. The number of aromatic nitrogens is 7. The van der Waals surface area contributed by atoms with Crippen molar-refractivity contribution in [3.63, 3.8) is 0 Å². The molecule has 10 heteroatoms. The van der Waals surface area contributed by atoms with Gasteiger partial charge in [-0.25, -0.2) is 9.78 Å². The number of anilines is 1. The smallest absolute Gasteiger partial charge is 0.333 e. The molecule has 20 heavy (non-hydrogen) atoms. The summed E-state index contributed by atoms with van der Waals surface area (Å²) in [6.45, 7) is -2.71. The number of nitrogens with two attached hydrogens (primary N) is 1. The summed E-state index contributed by atoms with van der Waals surface area (Å²) in [5.41, 5.74) is 7.41. The van der Waals surface area contributed by atoms with Crippen molar-refractivity contribution < 1.29 is 8.78 Å². The third-order valence-electron chi connectivity index (χ3n) is 2.58. The van der Waals surface area contributed by atoms with Crippen LogP contribution in [0.15, 0.2) is 24.7 Å². The number of pyridine rings is 1. The summed E-state index contributed by atoms with van der Waals surface area (Å²) in [5, 5.41) is 16.8. The van der Waals surface area contributed by atoms with Crippen molar-refractivity contribution in [2.24, 2.45) is 0 Å². The van der Waals surface area contributed by atoms with Gasteiger partial charge in [0.2, 0.25) is 0 Å². The number of hydrogen-bond donors (Lipinski definition) is 2. The highest BCUT2D eigenvalue weighted by molar-refractivity contribution is 5.78. The molecule has 0 spiro atoms. The lowest BCUT2D eigenvalue weighted by Crippen LogP contribution is -1.97. The van der Waals surface area contributed by atoms with Gasteiger partial charge in [-0.3, -0.25) is 4.98 Å². The lowest BCUT2D eigenvalue weighted by molar-refractivity contribution is 0.0566. The van der Waals surface area contributed by atoms with Gasteiger partial charge in [-0.2, -0.15) is 13.9 Å². The molecule has 3 N–H and O–H groups in total. The Hall–Kier alpha value is -2.91. The number of alkyl halides is 2. The molecule has 0 atom stereocenters. The van der Waals surface area contributed by atoms with Crippen LogP contribution >= 0.6 is 0 Å². The maximum atomic E-state index is 12.6. The average molecular weight is 278 g/mol. The van der Waals surface area contributed by atoms with Crippen molar-refractivity contribution in [3.8, 4) is 22.6 Å². The molecule has 3 aromatic rings. The van der Waals surface area contributed by atoms with Gasteiger partial charge in [-0.15, -0.1) is 5.10 Å². The molecular weight excluding hydrogens is 270 g/mol. The van der Waals surface area contributed by atoms with Gasteiger partial charge in [-0.05, 0) is 16.5 Å². The zero-order valence-electron chi connectivity index (χ0n) is 9.90. The topological polar surface area (TPSA) is 111 Å². The lowest BCUT2D eigenvalue weighted by atomic mass is 10.1. The number of halogens is 2. The molecule has 0 radical (unpaired) electrons. The van der Waals surface area contributed by atoms with Crippen molar-refractivity contribution in [2.75, 3.05) is 5.73 Å². The molecule has 0 aromatic carbocycles. The zero-order chi connectivity index (χ0) is 14.1. The van der Waals surface area contributed by atoms with Crippen LogP contribution in [0.5, 0.6) is 0 Å². The molecule has 3 aromatic heterocycles. The highest BCUT2D eigenvalue weighted by atomic mass is 19.3. The number of nitrogens with zero attached hydrogens (tertiary/aromatic N) is 6. The SMILES string of the molecule is Nc1cnc(-c2cnn(C(F)F)c2)c(-c2nnn[nH]2)c1. The summed E-state index contributed by atoms with van der Waals surface area (Å²) in [4.78, 5) is 4.14.